The first-order valence-electron chi connectivity index (χ1n) is 9.28. The van der Waals surface area contributed by atoms with Crippen molar-refractivity contribution in [2.45, 2.75) is 20.8 Å². The van der Waals surface area contributed by atoms with Crippen LogP contribution >= 0.6 is 11.3 Å². The number of amides is 4. The highest BCUT2D eigenvalue weighted by atomic mass is 32.1. The lowest BCUT2D eigenvalue weighted by atomic mass is 10.1. The van der Waals surface area contributed by atoms with Gasteiger partial charge in [0, 0.05) is 6.21 Å². The van der Waals surface area contributed by atoms with Crippen molar-refractivity contribution in [1.29, 1.82) is 5.26 Å². The Labute approximate surface area is 181 Å². The van der Waals surface area contributed by atoms with E-state index >= 15 is 0 Å². The van der Waals surface area contributed by atoms with Crippen molar-refractivity contribution in [2.75, 3.05) is 11.5 Å². The Kier molecular flexibility index (Phi) is 6.27. The van der Waals surface area contributed by atoms with Crippen molar-refractivity contribution in [3.05, 3.63) is 45.8 Å². The quantitative estimate of drug-likeness (QED) is 0.434. The second-order valence-electron chi connectivity index (χ2n) is 6.63. The molecule has 2 aromatic rings. The van der Waals surface area contributed by atoms with Crippen molar-refractivity contribution in [1.82, 2.24) is 5.32 Å². The van der Waals surface area contributed by atoms with Crippen molar-refractivity contribution in [2.24, 2.45) is 10.9 Å². The van der Waals surface area contributed by atoms with Gasteiger partial charge >= 0.3 is 12.0 Å². The number of rotatable bonds is 5. The van der Waals surface area contributed by atoms with E-state index in [1.807, 2.05) is 13.0 Å². The number of nitrogens with zero attached hydrogens (tertiary/aromatic N) is 3. The Morgan fingerprint density at radius 3 is 2.58 bits per heavy atom. The van der Waals surface area contributed by atoms with Crippen molar-refractivity contribution >= 4 is 52.1 Å². The minimum Gasteiger partial charge on any atom is -0.462 e. The van der Waals surface area contributed by atoms with Gasteiger partial charge in [-0.2, -0.15) is 5.26 Å². The average Bonchev–Trinajstić information content (AvgIpc) is 3.04. The molecule has 1 aliphatic rings. The fraction of sp³-hybridized carbons (Fsp3) is 0.238. The molecule has 1 saturated heterocycles. The Morgan fingerprint density at radius 2 is 1.97 bits per heavy atom. The van der Waals surface area contributed by atoms with Gasteiger partial charge in [0.05, 0.1) is 17.9 Å². The summed E-state index contributed by atoms with van der Waals surface area (Å²) in [5.74, 6) is -3.54. The number of hydrogen-bond acceptors (Lipinski definition) is 8. The summed E-state index contributed by atoms with van der Waals surface area (Å²) < 4.78 is 4.98. The van der Waals surface area contributed by atoms with Crippen LogP contribution in [0.3, 0.4) is 0 Å². The largest absolute Gasteiger partial charge is 0.462 e. The SMILES string of the molecule is CCOC(=O)c1sc(N=CC2C(=O)NC(=O)N(c3ccc(C)cc3)C2=O)c(C#N)c1C. The molecular weight excluding hydrogens is 420 g/mol. The predicted molar refractivity (Wildman–Crippen MR) is 114 cm³/mol. The standard InChI is InChI=1S/C21H18N4O5S/c1-4-30-20(28)16-12(3)14(9-22)18(31-16)23-10-15-17(26)24-21(29)25(19(15)27)13-7-5-11(2)6-8-13/h5-8,10,15H,4H2,1-3H3,(H,24,26,29). The number of nitrogens with one attached hydrogen (secondary N) is 1. The van der Waals surface area contributed by atoms with Gasteiger partial charge in [-0.05, 0) is 38.5 Å². The molecule has 0 bridgehead atoms. The predicted octanol–water partition coefficient (Wildman–Crippen LogP) is 3.01. The minimum absolute atomic E-state index is 0.152. The summed E-state index contributed by atoms with van der Waals surface area (Å²) in [5.41, 5.74) is 1.82. The van der Waals surface area contributed by atoms with E-state index in [1.54, 1.807) is 38.1 Å². The number of urea groups is 1. The molecule has 4 amide bonds. The van der Waals surface area contributed by atoms with Crippen molar-refractivity contribution in [3.8, 4) is 6.07 Å². The number of esters is 1. The van der Waals surface area contributed by atoms with E-state index in [2.05, 4.69) is 10.3 Å². The van der Waals surface area contributed by atoms with Crippen LogP contribution in [-0.2, 0) is 14.3 Å². The molecule has 9 nitrogen and oxygen atoms in total. The number of barbiturate groups is 1. The lowest BCUT2D eigenvalue weighted by Gasteiger charge is -2.28. The van der Waals surface area contributed by atoms with Gasteiger partial charge in [0.2, 0.25) is 5.91 Å². The molecular formula is C21H18N4O5S. The van der Waals surface area contributed by atoms with Crippen LogP contribution in [0.5, 0.6) is 0 Å². The maximum Gasteiger partial charge on any atom is 0.348 e. The lowest BCUT2D eigenvalue weighted by molar-refractivity contribution is -0.131. The first-order valence-corrected chi connectivity index (χ1v) is 10.1. The number of aryl methyl sites for hydroxylation is 1. The number of carbonyl (C=O) groups is 4. The third-order valence-corrected chi connectivity index (χ3v) is 5.72. The van der Waals surface area contributed by atoms with Crippen molar-refractivity contribution < 1.29 is 23.9 Å². The fourth-order valence-electron chi connectivity index (χ4n) is 2.91. The number of nitriles is 1. The molecule has 158 valence electrons. The third-order valence-electron chi connectivity index (χ3n) is 4.54. The Bertz CT molecular complexity index is 1140. The molecule has 1 aromatic carbocycles. The summed E-state index contributed by atoms with van der Waals surface area (Å²) in [6.45, 7) is 5.30. The third kappa shape index (κ3) is 4.22. The molecule has 1 aromatic heterocycles. The maximum atomic E-state index is 12.9. The van der Waals surface area contributed by atoms with E-state index < -0.39 is 29.7 Å². The molecule has 1 fully saturated rings. The van der Waals surface area contributed by atoms with E-state index in [0.717, 1.165) is 28.0 Å². The Balaban J connectivity index is 1.93. The molecule has 1 aliphatic heterocycles. The van der Waals surface area contributed by atoms with Gasteiger partial charge in [-0.1, -0.05) is 17.7 Å². The number of imide groups is 2. The van der Waals surface area contributed by atoms with Gasteiger partial charge in [-0.15, -0.1) is 11.3 Å². The van der Waals surface area contributed by atoms with Crippen LogP contribution < -0.4 is 10.2 Å². The lowest BCUT2D eigenvalue weighted by Crippen LogP contribution is -2.58. The smallest absolute Gasteiger partial charge is 0.348 e. The van der Waals surface area contributed by atoms with E-state index in [9.17, 15) is 24.4 Å². The van der Waals surface area contributed by atoms with Crippen LogP contribution in [0.2, 0.25) is 0 Å². The Hall–Kier alpha value is -3.84. The fourth-order valence-corrected chi connectivity index (χ4v) is 3.92. The summed E-state index contributed by atoms with van der Waals surface area (Å²) in [4.78, 5) is 54.7. The molecule has 3 rings (SSSR count). The van der Waals surface area contributed by atoms with Crippen LogP contribution in [0.15, 0.2) is 29.3 Å². The van der Waals surface area contributed by atoms with E-state index in [0.29, 0.717) is 11.3 Å². The average molecular weight is 438 g/mol. The van der Waals surface area contributed by atoms with Crippen LogP contribution in [-0.4, -0.2) is 36.6 Å². The molecule has 2 heterocycles. The summed E-state index contributed by atoms with van der Waals surface area (Å²) in [5, 5.41) is 11.8. The van der Waals surface area contributed by atoms with Gasteiger partial charge in [0.1, 0.15) is 15.9 Å². The first-order chi connectivity index (χ1) is 14.8. The molecule has 0 saturated carbocycles. The van der Waals surface area contributed by atoms with Gasteiger partial charge in [-0.25, -0.2) is 19.5 Å². The van der Waals surface area contributed by atoms with Crippen LogP contribution in [0.4, 0.5) is 15.5 Å². The topological polar surface area (TPSA) is 129 Å². The molecule has 1 atom stereocenters. The van der Waals surface area contributed by atoms with Crippen LogP contribution in [0.1, 0.15) is 33.3 Å². The summed E-state index contributed by atoms with van der Waals surface area (Å²) >= 11 is 0.931. The zero-order chi connectivity index (χ0) is 22.7. The minimum atomic E-state index is -1.38. The normalized spacial score (nSPS) is 16.4. The Morgan fingerprint density at radius 1 is 1.29 bits per heavy atom. The second kappa shape index (κ2) is 8.89. The molecule has 0 aliphatic carbocycles. The highest BCUT2D eigenvalue weighted by Crippen LogP contribution is 2.35. The van der Waals surface area contributed by atoms with Gasteiger partial charge in [0.15, 0.2) is 5.92 Å². The highest BCUT2D eigenvalue weighted by Gasteiger charge is 2.40. The van der Waals surface area contributed by atoms with E-state index in [-0.39, 0.29) is 22.0 Å². The number of thiophene rings is 1. The van der Waals surface area contributed by atoms with Gasteiger partial charge in [-0.3, -0.25) is 14.9 Å². The van der Waals surface area contributed by atoms with Crippen LogP contribution in [0.25, 0.3) is 0 Å². The molecule has 0 radical (unpaired) electrons. The molecule has 1 unspecified atom stereocenters. The van der Waals surface area contributed by atoms with Gasteiger partial charge in [0.25, 0.3) is 5.91 Å². The molecule has 1 N–H and O–H groups in total. The number of ether oxygens (including phenoxy) is 1. The molecule has 10 heteroatoms. The zero-order valence-corrected chi connectivity index (χ0v) is 17.8. The highest BCUT2D eigenvalue weighted by molar-refractivity contribution is 7.18. The number of aliphatic imine (C=N–C) groups is 1. The molecule has 31 heavy (non-hydrogen) atoms. The van der Waals surface area contributed by atoms with Crippen molar-refractivity contribution in [3.63, 3.8) is 0 Å². The number of carbonyl (C=O) groups excluding carboxylic acids is 4. The summed E-state index contributed by atoms with van der Waals surface area (Å²) in [7, 11) is 0. The van der Waals surface area contributed by atoms with Gasteiger partial charge < -0.3 is 4.74 Å². The van der Waals surface area contributed by atoms with Crippen LogP contribution in [0, 0.1) is 31.1 Å². The molecule has 0 spiro atoms. The zero-order valence-electron chi connectivity index (χ0n) is 17.0. The number of hydrogen-bond donors (Lipinski definition) is 1. The van der Waals surface area contributed by atoms with E-state index in [4.69, 9.17) is 4.74 Å². The summed E-state index contributed by atoms with van der Waals surface area (Å²) in [6, 6.07) is 7.79. The first kappa shape index (κ1) is 21.9. The van der Waals surface area contributed by atoms with E-state index in [1.165, 1.54) is 0 Å². The second-order valence-corrected chi connectivity index (χ2v) is 7.63. The monoisotopic (exact) mass is 438 g/mol. The summed E-state index contributed by atoms with van der Waals surface area (Å²) in [6.07, 6.45) is 1.08. The number of anilines is 1. The maximum absolute atomic E-state index is 12.9. The number of benzene rings is 1.